The molecule has 1 rings (SSSR count). The third-order valence-corrected chi connectivity index (χ3v) is 2.94. The summed E-state index contributed by atoms with van der Waals surface area (Å²) in [5.41, 5.74) is 0.846. The number of ether oxygens (including phenoxy) is 1. The van der Waals surface area contributed by atoms with Crippen molar-refractivity contribution in [3.63, 3.8) is 0 Å². The first-order chi connectivity index (χ1) is 8.54. The first kappa shape index (κ1) is 14.8. The molecule has 0 bridgehead atoms. The Hall–Kier alpha value is -1.29. The Morgan fingerprint density at radius 3 is 2.72 bits per heavy atom. The first-order valence-electron chi connectivity index (χ1n) is 6.42. The molecule has 0 saturated heterocycles. The van der Waals surface area contributed by atoms with Crippen LogP contribution in [-0.4, -0.2) is 19.1 Å². The second-order valence-electron chi connectivity index (χ2n) is 5.02. The van der Waals surface area contributed by atoms with Gasteiger partial charge in [-0.05, 0) is 31.7 Å². The Kier molecular flexibility index (Phi) is 5.92. The van der Waals surface area contributed by atoms with Crippen molar-refractivity contribution in [2.24, 2.45) is 5.92 Å². The minimum atomic E-state index is -0.424. The van der Waals surface area contributed by atoms with Crippen molar-refractivity contribution in [2.45, 2.75) is 46.2 Å². The van der Waals surface area contributed by atoms with Crippen LogP contribution in [0.2, 0.25) is 0 Å². The van der Waals surface area contributed by atoms with E-state index in [1.165, 1.54) is 19.8 Å². The normalized spacial score (nSPS) is 12.7. The van der Waals surface area contributed by atoms with Crippen molar-refractivity contribution < 1.29 is 13.9 Å². The summed E-state index contributed by atoms with van der Waals surface area (Å²) in [6, 6.07) is 2.22. The molecule has 4 nitrogen and oxygen atoms in total. The Bertz CT molecular complexity index is 371. The zero-order valence-electron chi connectivity index (χ0n) is 11.7. The lowest BCUT2D eigenvalue weighted by Gasteiger charge is -2.14. The molecule has 4 heteroatoms. The molecule has 102 valence electrons. The Balaban J connectivity index is 2.43. The number of nitrogens with one attached hydrogen (secondary N) is 1. The van der Waals surface area contributed by atoms with Gasteiger partial charge >= 0.3 is 5.97 Å². The van der Waals surface area contributed by atoms with Gasteiger partial charge in [-0.2, -0.15) is 0 Å². The fourth-order valence-electron chi connectivity index (χ4n) is 1.72. The highest BCUT2D eigenvalue weighted by Crippen LogP contribution is 2.13. The summed E-state index contributed by atoms with van der Waals surface area (Å²) < 4.78 is 9.79. The van der Waals surface area contributed by atoms with E-state index in [0.717, 1.165) is 12.0 Å². The highest BCUT2D eigenvalue weighted by molar-refractivity contribution is 5.87. The van der Waals surface area contributed by atoms with Gasteiger partial charge in [0.1, 0.15) is 0 Å². The Morgan fingerprint density at radius 1 is 1.39 bits per heavy atom. The van der Waals surface area contributed by atoms with Crippen molar-refractivity contribution >= 4 is 5.97 Å². The molecule has 1 atom stereocenters. The minimum absolute atomic E-state index is 0.293. The molecule has 0 aromatic carbocycles. The van der Waals surface area contributed by atoms with Crippen molar-refractivity contribution in [3.8, 4) is 0 Å². The highest BCUT2D eigenvalue weighted by atomic mass is 16.5. The smallest absolute Gasteiger partial charge is 0.374 e. The quantitative estimate of drug-likeness (QED) is 0.759. The number of methoxy groups -OCH3 is 1. The van der Waals surface area contributed by atoms with Crippen LogP contribution in [0.25, 0.3) is 0 Å². The number of esters is 1. The van der Waals surface area contributed by atoms with Gasteiger partial charge in [-0.25, -0.2) is 4.79 Å². The summed E-state index contributed by atoms with van der Waals surface area (Å²) in [5, 5.41) is 3.39. The molecular weight excluding hydrogens is 230 g/mol. The van der Waals surface area contributed by atoms with Crippen LogP contribution in [0.5, 0.6) is 0 Å². The van der Waals surface area contributed by atoms with E-state index in [1.807, 2.05) is 0 Å². The standard InChI is InChI=1S/C14H23NO3/c1-10(2)5-6-11(3)15-9-12-7-8-18-13(12)14(16)17-4/h7-8,10-11,15H,5-6,9H2,1-4H3. The van der Waals surface area contributed by atoms with Crippen LogP contribution in [0.15, 0.2) is 16.7 Å². The maximum absolute atomic E-state index is 11.4. The zero-order chi connectivity index (χ0) is 13.5. The number of hydrogen-bond acceptors (Lipinski definition) is 4. The van der Waals surface area contributed by atoms with E-state index in [1.54, 1.807) is 6.07 Å². The lowest BCUT2D eigenvalue weighted by Crippen LogP contribution is -2.26. The second-order valence-corrected chi connectivity index (χ2v) is 5.02. The van der Waals surface area contributed by atoms with Gasteiger partial charge in [0.25, 0.3) is 0 Å². The average molecular weight is 253 g/mol. The SMILES string of the molecule is COC(=O)c1occc1CNC(C)CCC(C)C. The van der Waals surface area contributed by atoms with E-state index in [0.29, 0.717) is 24.3 Å². The third-order valence-electron chi connectivity index (χ3n) is 2.94. The molecule has 0 aliphatic rings. The van der Waals surface area contributed by atoms with E-state index in [-0.39, 0.29) is 0 Å². The number of furan rings is 1. The Labute approximate surface area is 109 Å². The monoisotopic (exact) mass is 253 g/mol. The predicted octanol–water partition coefficient (Wildman–Crippen LogP) is 2.98. The molecule has 0 aliphatic heterocycles. The van der Waals surface area contributed by atoms with Crippen molar-refractivity contribution in [2.75, 3.05) is 7.11 Å². The lowest BCUT2D eigenvalue weighted by atomic mass is 10.0. The lowest BCUT2D eigenvalue weighted by molar-refractivity contribution is 0.0563. The summed E-state index contributed by atoms with van der Waals surface area (Å²) in [6.07, 6.45) is 3.84. The van der Waals surface area contributed by atoms with E-state index in [2.05, 4.69) is 30.8 Å². The van der Waals surface area contributed by atoms with E-state index < -0.39 is 5.97 Å². The second kappa shape index (κ2) is 7.21. The topological polar surface area (TPSA) is 51.5 Å². The average Bonchev–Trinajstić information content (AvgIpc) is 2.81. The van der Waals surface area contributed by atoms with E-state index in [4.69, 9.17) is 4.42 Å². The van der Waals surface area contributed by atoms with Crippen molar-refractivity contribution in [3.05, 3.63) is 23.7 Å². The van der Waals surface area contributed by atoms with Crippen LogP contribution < -0.4 is 5.32 Å². The minimum Gasteiger partial charge on any atom is -0.463 e. The summed E-state index contributed by atoms with van der Waals surface area (Å²) in [7, 11) is 1.35. The third kappa shape index (κ3) is 4.53. The molecule has 1 unspecified atom stereocenters. The fraction of sp³-hybridized carbons (Fsp3) is 0.643. The molecule has 18 heavy (non-hydrogen) atoms. The number of carbonyl (C=O) groups excluding carboxylic acids is 1. The number of rotatable bonds is 7. The Morgan fingerprint density at radius 2 is 2.11 bits per heavy atom. The van der Waals surface area contributed by atoms with Gasteiger partial charge < -0.3 is 14.5 Å². The molecule has 0 fully saturated rings. The maximum atomic E-state index is 11.4. The van der Waals surface area contributed by atoms with Gasteiger partial charge in [0.15, 0.2) is 0 Å². The molecule has 1 aromatic rings. The largest absolute Gasteiger partial charge is 0.463 e. The van der Waals surface area contributed by atoms with Gasteiger partial charge in [-0.1, -0.05) is 13.8 Å². The first-order valence-corrected chi connectivity index (χ1v) is 6.42. The van der Waals surface area contributed by atoms with Crippen molar-refractivity contribution in [1.29, 1.82) is 0 Å². The van der Waals surface area contributed by atoms with Crippen LogP contribution in [0.1, 0.15) is 49.7 Å². The molecule has 1 heterocycles. The van der Waals surface area contributed by atoms with Gasteiger partial charge in [-0.3, -0.25) is 0 Å². The van der Waals surface area contributed by atoms with Gasteiger partial charge in [0, 0.05) is 18.2 Å². The van der Waals surface area contributed by atoms with Crippen molar-refractivity contribution in [1.82, 2.24) is 5.32 Å². The fourth-order valence-corrected chi connectivity index (χ4v) is 1.72. The van der Waals surface area contributed by atoms with Crippen LogP contribution in [-0.2, 0) is 11.3 Å². The van der Waals surface area contributed by atoms with E-state index >= 15 is 0 Å². The number of hydrogen-bond donors (Lipinski definition) is 1. The van der Waals surface area contributed by atoms with Crippen LogP contribution in [0, 0.1) is 5.92 Å². The number of carbonyl (C=O) groups is 1. The maximum Gasteiger partial charge on any atom is 0.374 e. The van der Waals surface area contributed by atoms with Crippen LogP contribution >= 0.6 is 0 Å². The molecular formula is C14H23NO3. The summed E-state index contributed by atoms with van der Waals surface area (Å²) >= 11 is 0. The molecule has 0 spiro atoms. The molecule has 0 aliphatic carbocycles. The molecule has 1 N–H and O–H groups in total. The highest BCUT2D eigenvalue weighted by Gasteiger charge is 2.15. The molecule has 1 aromatic heterocycles. The predicted molar refractivity (Wildman–Crippen MR) is 70.4 cm³/mol. The van der Waals surface area contributed by atoms with Crippen LogP contribution in [0.3, 0.4) is 0 Å². The van der Waals surface area contributed by atoms with Gasteiger partial charge in [-0.15, -0.1) is 0 Å². The summed E-state index contributed by atoms with van der Waals surface area (Å²) in [5.74, 6) is 0.585. The van der Waals surface area contributed by atoms with Crippen LogP contribution in [0.4, 0.5) is 0 Å². The summed E-state index contributed by atoms with van der Waals surface area (Å²) in [6.45, 7) is 7.22. The molecule has 0 amide bonds. The molecule has 0 radical (unpaired) electrons. The van der Waals surface area contributed by atoms with Gasteiger partial charge in [0.05, 0.1) is 13.4 Å². The summed E-state index contributed by atoms with van der Waals surface area (Å²) in [4.78, 5) is 11.4. The van der Waals surface area contributed by atoms with Gasteiger partial charge in [0.2, 0.25) is 5.76 Å². The molecule has 0 saturated carbocycles. The zero-order valence-corrected chi connectivity index (χ0v) is 11.7. The van der Waals surface area contributed by atoms with E-state index in [9.17, 15) is 4.79 Å².